The van der Waals surface area contributed by atoms with Gasteiger partial charge in [0.2, 0.25) is 0 Å². The zero-order valence-corrected chi connectivity index (χ0v) is 10.9. The molecule has 14 heavy (non-hydrogen) atoms. The zero-order valence-electron chi connectivity index (χ0n) is 9.92. The van der Waals surface area contributed by atoms with E-state index < -0.39 is 8.56 Å². The molecule has 0 N–H and O–H groups in total. The molecule has 0 radical (unpaired) electrons. The average molecular weight is 218 g/mol. The largest absolute Gasteiger partial charge is 0.396 e. The molecule has 0 aliphatic rings. The Labute approximate surface area is 88.3 Å². The van der Waals surface area contributed by atoms with E-state index in [0.29, 0.717) is 6.61 Å². The van der Waals surface area contributed by atoms with Crippen LogP contribution in [0.5, 0.6) is 0 Å². The smallest absolute Gasteiger partial charge is 0.364 e. The van der Waals surface area contributed by atoms with Crippen molar-refractivity contribution in [2.45, 2.75) is 32.5 Å². The highest BCUT2D eigenvalue weighted by Crippen LogP contribution is 2.17. The van der Waals surface area contributed by atoms with Crippen molar-refractivity contribution in [2.75, 3.05) is 20.8 Å². The van der Waals surface area contributed by atoms with Gasteiger partial charge in [-0.15, -0.1) is 0 Å². The van der Waals surface area contributed by atoms with Gasteiger partial charge in [-0.1, -0.05) is 19.1 Å². The Bertz CT molecular complexity index is 178. The lowest BCUT2D eigenvalue weighted by atomic mass is 10.4. The van der Waals surface area contributed by atoms with E-state index in [1.807, 2.05) is 13.5 Å². The topological polar surface area (TPSA) is 27.7 Å². The minimum absolute atomic E-state index is 0.0641. The van der Waals surface area contributed by atoms with Crippen LogP contribution in [-0.2, 0) is 13.6 Å². The summed E-state index contributed by atoms with van der Waals surface area (Å²) in [6.07, 6.45) is 0.900. The van der Waals surface area contributed by atoms with Crippen LogP contribution in [0.3, 0.4) is 0 Å². The molecule has 0 heterocycles. The van der Waals surface area contributed by atoms with Gasteiger partial charge in [0.1, 0.15) is 5.73 Å². The van der Waals surface area contributed by atoms with Crippen molar-refractivity contribution in [1.29, 1.82) is 0 Å². The van der Waals surface area contributed by atoms with Gasteiger partial charge in [0.15, 0.2) is 0 Å². The van der Waals surface area contributed by atoms with Crippen LogP contribution >= 0.6 is 0 Å². The number of hydrogen-bond donors (Lipinski definition) is 0. The Morgan fingerprint density at radius 3 is 2.14 bits per heavy atom. The highest BCUT2D eigenvalue weighted by Gasteiger charge is 2.39. The fourth-order valence-electron chi connectivity index (χ4n) is 1.23. The Balaban J connectivity index is 4.29. The van der Waals surface area contributed by atoms with Gasteiger partial charge in [0.25, 0.3) is 0 Å². The van der Waals surface area contributed by atoms with E-state index in [2.05, 4.69) is 13.5 Å². The average Bonchev–Trinajstić information content (AvgIpc) is 2.17. The summed E-state index contributed by atoms with van der Waals surface area (Å²) in [5.74, 6) is 0. The molecule has 1 atom stereocenters. The molecule has 0 rings (SSSR count). The van der Waals surface area contributed by atoms with E-state index in [1.165, 1.54) is 0 Å². The van der Waals surface area contributed by atoms with E-state index in [9.17, 15) is 0 Å². The SMILES string of the molecule is C=C(C)COC(CC)[Si](C)(OC)OC. The highest BCUT2D eigenvalue weighted by molar-refractivity contribution is 6.67. The van der Waals surface area contributed by atoms with Crippen molar-refractivity contribution >= 4 is 8.56 Å². The first-order valence-electron chi connectivity index (χ1n) is 4.86. The van der Waals surface area contributed by atoms with Crippen molar-refractivity contribution in [3.05, 3.63) is 12.2 Å². The second-order valence-corrected chi connectivity index (χ2v) is 7.08. The molecule has 0 bridgehead atoms. The van der Waals surface area contributed by atoms with Crippen molar-refractivity contribution in [1.82, 2.24) is 0 Å². The summed E-state index contributed by atoms with van der Waals surface area (Å²) in [6, 6.07) is 0. The molecule has 4 heteroatoms. The van der Waals surface area contributed by atoms with Gasteiger partial charge in [-0.05, 0) is 19.9 Å². The van der Waals surface area contributed by atoms with Gasteiger partial charge in [-0.2, -0.15) is 0 Å². The molecule has 0 saturated carbocycles. The van der Waals surface area contributed by atoms with Gasteiger partial charge in [-0.3, -0.25) is 0 Å². The third-order valence-corrected chi connectivity index (χ3v) is 5.66. The van der Waals surface area contributed by atoms with E-state index >= 15 is 0 Å². The molecule has 1 unspecified atom stereocenters. The summed E-state index contributed by atoms with van der Waals surface area (Å²) in [5, 5.41) is 0. The van der Waals surface area contributed by atoms with Crippen LogP contribution in [0.15, 0.2) is 12.2 Å². The van der Waals surface area contributed by atoms with Crippen LogP contribution < -0.4 is 0 Å². The molecular weight excluding hydrogens is 196 g/mol. The van der Waals surface area contributed by atoms with Crippen molar-refractivity contribution in [2.24, 2.45) is 0 Å². The quantitative estimate of drug-likeness (QED) is 0.484. The molecule has 0 saturated heterocycles. The van der Waals surface area contributed by atoms with Crippen molar-refractivity contribution in [3.8, 4) is 0 Å². The maximum atomic E-state index is 5.71. The maximum Gasteiger partial charge on any atom is 0.364 e. The third kappa shape index (κ3) is 3.92. The van der Waals surface area contributed by atoms with E-state index in [4.69, 9.17) is 13.6 Å². The van der Waals surface area contributed by atoms with Crippen LogP contribution in [0, 0.1) is 0 Å². The first-order valence-corrected chi connectivity index (χ1v) is 7.25. The molecule has 0 amide bonds. The Morgan fingerprint density at radius 1 is 1.36 bits per heavy atom. The molecule has 0 aliphatic carbocycles. The lowest BCUT2D eigenvalue weighted by Gasteiger charge is -2.31. The molecule has 0 aromatic rings. The molecule has 3 nitrogen and oxygen atoms in total. The second kappa shape index (κ2) is 6.34. The third-order valence-electron chi connectivity index (χ3n) is 2.30. The summed E-state index contributed by atoms with van der Waals surface area (Å²) >= 11 is 0. The summed E-state index contributed by atoms with van der Waals surface area (Å²) in [5.41, 5.74) is 1.08. The predicted molar refractivity (Wildman–Crippen MR) is 60.5 cm³/mol. The van der Waals surface area contributed by atoms with E-state index in [0.717, 1.165) is 12.0 Å². The van der Waals surface area contributed by atoms with Gasteiger partial charge in [0, 0.05) is 14.2 Å². The molecule has 0 spiro atoms. The summed E-state index contributed by atoms with van der Waals surface area (Å²) in [6.45, 7) is 10.4. The Hall–Kier alpha value is -0.163. The minimum atomic E-state index is -2.16. The monoisotopic (exact) mass is 218 g/mol. The minimum Gasteiger partial charge on any atom is -0.396 e. The molecular formula is C10H22O3Si. The Kier molecular flexibility index (Phi) is 6.27. The second-order valence-electron chi connectivity index (χ2n) is 3.59. The number of rotatable bonds is 7. The van der Waals surface area contributed by atoms with Crippen LogP contribution in [-0.4, -0.2) is 35.1 Å². The van der Waals surface area contributed by atoms with Crippen LogP contribution in [0.2, 0.25) is 6.55 Å². The molecule has 84 valence electrons. The number of ether oxygens (including phenoxy) is 1. The first-order chi connectivity index (χ1) is 6.50. The lowest BCUT2D eigenvalue weighted by Crippen LogP contribution is -2.50. The van der Waals surface area contributed by atoms with E-state index in [1.54, 1.807) is 14.2 Å². The van der Waals surface area contributed by atoms with E-state index in [-0.39, 0.29) is 5.73 Å². The molecule has 0 aromatic carbocycles. The fourth-order valence-corrected chi connectivity index (χ4v) is 3.05. The number of hydrogen-bond acceptors (Lipinski definition) is 3. The summed E-state index contributed by atoms with van der Waals surface area (Å²) in [4.78, 5) is 0. The van der Waals surface area contributed by atoms with Crippen LogP contribution in [0.1, 0.15) is 20.3 Å². The van der Waals surface area contributed by atoms with Crippen molar-refractivity contribution in [3.63, 3.8) is 0 Å². The molecule has 0 aliphatic heterocycles. The van der Waals surface area contributed by atoms with Gasteiger partial charge in [0.05, 0.1) is 6.61 Å². The Morgan fingerprint density at radius 2 is 1.86 bits per heavy atom. The van der Waals surface area contributed by atoms with Crippen LogP contribution in [0.25, 0.3) is 0 Å². The van der Waals surface area contributed by atoms with Gasteiger partial charge < -0.3 is 13.6 Å². The van der Waals surface area contributed by atoms with Crippen LogP contribution in [0.4, 0.5) is 0 Å². The zero-order chi connectivity index (χ0) is 11.2. The standard InChI is InChI=1S/C10H22O3Si/c1-7-10(13-8-9(2)3)14(6,11-4)12-5/h10H,2,7-8H2,1,3-6H3. The van der Waals surface area contributed by atoms with Crippen molar-refractivity contribution < 1.29 is 13.6 Å². The van der Waals surface area contributed by atoms with Gasteiger partial charge >= 0.3 is 8.56 Å². The predicted octanol–water partition coefficient (Wildman–Crippen LogP) is 2.26. The maximum absolute atomic E-state index is 5.71. The molecule has 0 aromatic heterocycles. The normalized spacial score (nSPS) is 14.1. The highest BCUT2D eigenvalue weighted by atomic mass is 28.4. The fraction of sp³-hybridized carbons (Fsp3) is 0.800. The lowest BCUT2D eigenvalue weighted by molar-refractivity contribution is 0.0717. The summed E-state index contributed by atoms with van der Waals surface area (Å²) < 4.78 is 16.6. The first kappa shape index (κ1) is 13.8. The van der Waals surface area contributed by atoms with Gasteiger partial charge in [-0.25, -0.2) is 0 Å². The summed E-state index contributed by atoms with van der Waals surface area (Å²) in [7, 11) is 1.21. The molecule has 0 fully saturated rings.